The van der Waals surface area contributed by atoms with Crippen molar-refractivity contribution in [3.8, 4) is 0 Å². The van der Waals surface area contributed by atoms with Crippen molar-refractivity contribution in [2.45, 2.75) is 64.7 Å². The van der Waals surface area contributed by atoms with Gasteiger partial charge in [0.2, 0.25) is 5.95 Å². The molecule has 4 rings (SSSR count). The summed E-state index contributed by atoms with van der Waals surface area (Å²) in [5, 5.41) is 13.1. The van der Waals surface area contributed by atoms with Gasteiger partial charge in [-0.15, -0.1) is 0 Å². The number of carbonyl (C=O) groups excluding carboxylic acids is 1. The van der Waals surface area contributed by atoms with Gasteiger partial charge in [-0.3, -0.25) is 4.79 Å². The maximum Gasteiger partial charge on any atom is 0.327 e. The third kappa shape index (κ3) is 6.02. The quantitative estimate of drug-likeness (QED) is 0.427. The summed E-state index contributed by atoms with van der Waals surface area (Å²) in [7, 11) is 4.01. The summed E-state index contributed by atoms with van der Waals surface area (Å²) in [5.41, 5.74) is 2.70. The molecule has 10 heteroatoms. The first-order valence-electron chi connectivity index (χ1n) is 12.2. The van der Waals surface area contributed by atoms with Crippen LogP contribution in [-0.4, -0.2) is 58.5 Å². The number of aromatic nitrogens is 4. The second-order valence-electron chi connectivity index (χ2n) is 9.17. The number of halogens is 1. The molecule has 9 nitrogen and oxygen atoms in total. The van der Waals surface area contributed by atoms with Gasteiger partial charge in [0.25, 0.3) is 0 Å². The average molecular weight is 500 g/mol. The van der Waals surface area contributed by atoms with Gasteiger partial charge in [-0.1, -0.05) is 23.7 Å². The SMILES string of the molecule is CCOC(=O)Cn1nc(C)c(CNC2CCC(Nc3nc(N(C)C)c4ccccc4n3)CC2)c1Cl. The Morgan fingerprint density at radius 2 is 1.89 bits per heavy atom. The number of benzene rings is 1. The predicted molar refractivity (Wildman–Crippen MR) is 139 cm³/mol. The van der Waals surface area contributed by atoms with Crippen molar-refractivity contribution in [3.05, 3.63) is 40.7 Å². The minimum absolute atomic E-state index is 0.0245. The van der Waals surface area contributed by atoms with Crippen molar-refractivity contribution in [1.82, 2.24) is 25.1 Å². The lowest BCUT2D eigenvalue weighted by Crippen LogP contribution is -2.37. The lowest BCUT2D eigenvalue weighted by Gasteiger charge is -2.30. The summed E-state index contributed by atoms with van der Waals surface area (Å²) in [6.45, 7) is 4.68. The van der Waals surface area contributed by atoms with E-state index in [2.05, 4.69) is 21.8 Å². The van der Waals surface area contributed by atoms with E-state index in [9.17, 15) is 4.79 Å². The Balaban J connectivity index is 1.32. The molecule has 1 aromatic carbocycles. The second-order valence-corrected chi connectivity index (χ2v) is 9.53. The van der Waals surface area contributed by atoms with Crippen LogP contribution < -0.4 is 15.5 Å². The molecule has 3 aromatic rings. The first-order chi connectivity index (χ1) is 16.9. The average Bonchev–Trinajstić information content (AvgIpc) is 3.10. The Labute approximate surface area is 211 Å². The molecule has 188 valence electrons. The molecule has 0 aliphatic heterocycles. The molecule has 1 saturated carbocycles. The van der Waals surface area contributed by atoms with Crippen molar-refractivity contribution < 1.29 is 9.53 Å². The van der Waals surface area contributed by atoms with E-state index in [4.69, 9.17) is 26.3 Å². The Hall–Kier alpha value is -2.91. The van der Waals surface area contributed by atoms with E-state index in [-0.39, 0.29) is 12.5 Å². The summed E-state index contributed by atoms with van der Waals surface area (Å²) in [6, 6.07) is 8.83. The van der Waals surface area contributed by atoms with Crippen molar-refractivity contribution in [3.63, 3.8) is 0 Å². The second kappa shape index (κ2) is 11.2. The van der Waals surface area contributed by atoms with Gasteiger partial charge in [-0.25, -0.2) is 9.67 Å². The molecule has 0 atom stereocenters. The monoisotopic (exact) mass is 499 g/mol. The normalized spacial score (nSPS) is 18.0. The number of rotatable bonds is 9. The van der Waals surface area contributed by atoms with Gasteiger partial charge in [0.15, 0.2) is 0 Å². The van der Waals surface area contributed by atoms with E-state index < -0.39 is 0 Å². The highest BCUT2D eigenvalue weighted by molar-refractivity contribution is 6.30. The maximum atomic E-state index is 11.8. The largest absolute Gasteiger partial charge is 0.465 e. The Kier molecular flexibility index (Phi) is 8.07. The number of carbonyl (C=O) groups is 1. The lowest BCUT2D eigenvalue weighted by atomic mass is 9.91. The Bertz CT molecular complexity index is 1170. The number of esters is 1. The van der Waals surface area contributed by atoms with Crippen LogP contribution in [0.2, 0.25) is 5.15 Å². The van der Waals surface area contributed by atoms with Crippen molar-refractivity contribution in [2.24, 2.45) is 0 Å². The molecule has 0 saturated heterocycles. The van der Waals surface area contributed by atoms with Crippen LogP contribution >= 0.6 is 11.6 Å². The van der Waals surface area contributed by atoms with E-state index in [1.807, 2.05) is 44.1 Å². The van der Waals surface area contributed by atoms with Crippen molar-refractivity contribution in [1.29, 1.82) is 0 Å². The van der Waals surface area contributed by atoms with Crippen LogP contribution in [0.25, 0.3) is 10.9 Å². The zero-order valence-electron chi connectivity index (χ0n) is 20.8. The van der Waals surface area contributed by atoms with Crippen LogP contribution in [0.3, 0.4) is 0 Å². The lowest BCUT2D eigenvalue weighted by molar-refractivity contribution is -0.144. The highest BCUT2D eigenvalue weighted by atomic mass is 35.5. The van der Waals surface area contributed by atoms with Crippen LogP contribution in [0.4, 0.5) is 11.8 Å². The molecule has 1 aliphatic carbocycles. The third-order valence-electron chi connectivity index (χ3n) is 6.40. The predicted octanol–water partition coefficient (Wildman–Crippen LogP) is 3.93. The third-order valence-corrected chi connectivity index (χ3v) is 6.83. The molecule has 0 spiro atoms. The molecule has 2 N–H and O–H groups in total. The molecule has 2 heterocycles. The minimum atomic E-state index is -0.338. The number of anilines is 2. The number of ether oxygens (including phenoxy) is 1. The van der Waals surface area contributed by atoms with Gasteiger partial charge in [-0.2, -0.15) is 10.1 Å². The minimum Gasteiger partial charge on any atom is -0.465 e. The number of fused-ring (bicyclic) bond motifs is 1. The zero-order valence-corrected chi connectivity index (χ0v) is 21.6. The number of nitrogens with zero attached hydrogens (tertiary/aromatic N) is 5. The van der Waals surface area contributed by atoms with Gasteiger partial charge in [0.05, 0.1) is 17.8 Å². The molecular formula is C25H34ClN7O2. The van der Waals surface area contributed by atoms with Crippen molar-refractivity contribution >= 4 is 40.2 Å². The Morgan fingerprint density at radius 3 is 2.60 bits per heavy atom. The molecule has 1 fully saturated rings. The van der Waals surface area contributed by atoms with E-state index >= 15 is 0 Å². The summed E-state index contributed by atoms with van der Waals surface area (Å²) >= 11 is 6.51. The number of aryl methyl sites for hydroxylation is 1. The van der Waals surface area contributed by atoms with Gasteiger partial charge in [0.1, 0.15) is 17.5 Å². The molecule has 35 heavy (non-hydrogen) atoms. The van der Waals surface area contributed by atoms with E-state index in [1.54, 1.807) is 6.92 Å². The van der Waals surface area contributed by atoms with Gasteiger partial charge in [0, 0.05) is 43.7 Å². The fourth-order valence-electron chi connectivity index (χ4n) is 4.56. The highest BCUT2D eigenvalue weighted by Crippen LogP contribution is 2.27. The van der Waals surface area contributed by atoms with Crippen LogP contribution in [0.5, 0.6) is 0 Å². The molecular weight excluding hydrogens is 466 g/mol. The molecule has 0 amide bonds. The van der Waals surface area contributed by atoms with Crippen molar-refractivity contribution in [2.75, 3.05) is 30.9 Å². The number of hydrogen-bond acceptors (Lipinski definition) is 8. The Morgan fingerprint density at radius 1 is 1.17 bits per heavy atom. The van der Waals surface area contributed by atoms with Crippen LogP contribution in [0, 0.1) is 6.92 Å². The maximum absolute atomic E-state index is 11.8. The fraction of sp³-hybridized carbons (Fsp3) is 0.520. The summed E-state index contributed by atoms with van der Waals surface area (Å²) in [4.78, 5) is 23.3. The fourth-order valence-corrected chi connectivity index (χ4v) is 4.86. The first kappa shape index (κ1) is 25.2. The molecule has 0 bridgehead atoms. The molecule has 0 unspecified atom stereocenters. The molecule has 0 radical (unpaired) electrons. The number of hydrogen-bond donors (Lipinski definition) is 2. The zero-order chi connectivity index (χ0) is 24.9. The van der Waals surface area contributed by atoms with Crippen LogP contribution in [0.15, 0.2) is 24.3 Å². The summed E-state index contributed by atoms with van der Waals surface area (Å²) < 4.78 is 6.52. The van der Waals surface area contributed by atoms with E-state index in [0.29, 0.717) is 36.3 Å². The topological polar surface area (TPSA) is 97.2 Å². The summed E-state index contributed by atoms with van der Waals surface area (Å²) in [5.74, 6) is 1.26. The number of nitrogens with one attached hydrogen (secondary N) is 2. The molecule has 1 aliphatic rings. The van der Waals surface area contributed by atoms with Crippen LogP contribution in [0.1, 0.15) is 43.9 Å². The van der Waals surface area contributed by atoms with Crippen LogP contribution in [-0.2, 0) is 22.6 Å². The molecule has 2 aromatic heterocycles. The van der Waals surface area contributed by atoms with Gasteiger partial charge < -0.3 is 20.3 Å². The summed E-state index contributed by atoms with van der Waals surface area (Å²) in [6.07, 6.45) is 4.14. The highest BCUT2D eigenvalue weighted by Gasteiger charge is 2.23. The van der Waals surface area contributed by atoms with E-state index in [0.717, 1.165) is 53.7 Å². The smallest absolute Gasteiger partial charge is 0.327 e. The standard InChI is InChI=1S/C25H34ClN7O2/c1-5-35-22(34)15-33-23(26)20(16(2)31-33)14-27-17-10-12-18(13-11-17)28-25-29-21-9-7-6-8-19(21)24(30-25)32(3)4/h6-9,17-18,27H,5,10-15H2,1-4H3,(H,28,29,30). The van der Waals surface area contributed by atoms with E-state index in [1.165, 1.54) is 4.68 Å². The van der Waals surface area contributed by atoms with Gasteiger partial charge in [-0.05, 0) is 51.7 Å². The number of para-hydroxylation sites is 1. The first-order valence-corrected chi connectivity index (χ1v) is 12.5. The van der Waals surface area contributed by atoms with Gasteiger partial charge >= 0.3 is 5.97 Å².